The minimum absolute atomic E-state index is 0. The van der Waals surface area contributed by atoms with E-state index >= 15 is 0 Å². The molecule has 31 heavy (non-hydrogen) atoms. The van der Waals surface area contributed by atoms with Crippen molar-refractivity contribution in [3.8, 4) is 0 Å². The molecule has 2 rings (SSSR count). The summed E-state index contributed by atoms with van der Waals surface area (Å²) < 4.78 is 57.4. The molecule has 0 heterocycles. The van der Waals surface area contributed by atoms with Crippen molar-refractivity contribution in [2.75, 3.05) is 6.61 Å². The van der Waals surface area contributed by atoms with Crippen LogP contribution < -0.4 is 18.9 Å². The van der Waals surface area contributed by atoms with Gasteiger partial charge in [0, 0.05) is 20.1 Å². The number of rotatable bonds is 5. The third-order valence-corrected chi connectivity index (χ3v) is 4.61. The zero-order valence-electron chi connectivity index (χ0n) is 16.2. The summed E-state index contributed by atoms with van der Waals surface area (Å²) in [7, 11) is 0. The molecule has 0 aliphatic rings. The molecule has 0 aromatic heterocycles. The van der Waals surface area contributed by atoms with E-state index < -0.39 is 29.3 Å². The fourth-order valence-corrected chi connectivity index (χ4v) is 2.95. The Morgan fingerprint density at radius 2 is 1.26 bits per heavy atom. The third kappa shape index (κ3) is 8.92. The Hall–Kier alpha value is -1.42. The molecule has 2 aromatic rings. The van der Waals surface area contributed by atoms with Crippen molar-refractivity contribution in [1.29, 1.82) is 0 Å². The Labute approximate surface area is 204 Å². The normalized spacial score (nSPS) is 10.2. The van der Waals surface area contributed by atoms with Crippen LogP contribution in [0.25, 0.3) is 0 Å². The Kier molecular flexibility index (Phi) is 16.1. The molecule has 6 nitrogen and oxygen atoms in total. The monoisotopic (exact) mass is 570 g/mol. The van der Waals surface area contributed by atoms with Crippen LogP contribution in [0.3, 0.4) is 0 Å². The Bertz CT molecular complexity index is 855. The summed E-state index contributed by atoms with van der Waals surface area (Å²) in [5.74, 6) is -11.1. The van der Waals surface area contributed by atoms with Crippen LogP contribution >= 0.6 is 31.9 Å². The first-order valence-corrected chi connectivity index (χ1v) is 9.21. The van der Waals surface area contributed by atoms with Gasteiger partial charge < -0.3 is 20.8 Å². The molecule has 168 valence electrons. The molecule has 0 amide bonds. The molecule has 0 spiro atoms. The van der Waals surface area contributed by atoms with Crippen LogP contribution in [-0.2, 0) is 26.2 Å². The van der Waals surface area contributed by atoms with Gasteiger partial charge in [-0.25, -0.2) is 9.59 Å². The van der Waals surface area contributed by atoms with Crippen LogP contribution in [0.1, 0.15) is 18.1 Å². The molecular weight excluding hydrogens is 555 g/mol. The van der Waals surface area contributed by atoms with Crippen LogP contribution in [0.4, 0.5) is 17.6 Å². The van der Waals surface area contributed by atoms with Gasteiger partial charge in [0.1, 0.15) is 0 Å². The maximum atomic E-state index is 13.5. The van der Waals surface area contributed by atoms with Gasteiger partial charge in [-0.1, -0.05) is 68.3 Å². The summed E-state index contributed by atoms with van der Waals surface area (Å²) in [4.78, 5) is 21.2. The second kappa shape index (κ2) is 14.6. The van der Waals surface area contributed by atoms with Gasteiger partial charge in [0.15, 0.2) is 0 Å². The molecule has 0 fully saturated rings. The van der Waals surface area contributed by atoms with Crippen molar-refractivity contribution in [1.82, 2.24) is 0 Å². The molecule has 0 aliphatic heterocycles. The largest absolute Gasteiger partial charge is 1.00 e. The number of esters is 1. The third-order valence-electron chi connectivity index (χ3n) is 3.22. The molecule has 0 saturated carbocycles. The van der Waals surface area contributed by atoms with Crippen molar-refractivity contribution in [2.24, 2.45) is 0 Å². The molecule has 0 bridgehead atoms. The first kappa shape index (κ1) is 34.2. The first-order chi connectivity index (χ1) is 13.0. The van der Waals surface area contributed by atoms with Crippen LogP contribution in [0.5, 0.6) is 0 Å². The maximum absolute atomic E-state index is 13.5. The van der Waals surface area contributed by atoms with Crippen molar-refractivity contribution in [3.05, 3.63) is 68.6 Å². The smallest absolute Gasteiger partial charge is 0.870 e. The van der Waals surface area contributed by atoms with Gasteiger partial charge in [-0.2, -0.15) is 17.6 Å². The average molecular weight is 572 g/mol. The molecule has 0 unspecified atom stereocenters. The molecule has 0 atom stereocenters. The molecule has 4 N–H and O–H groups in total. The van der Waals surface area contributed by atoms with Crippen molar-refractivity contribution >= 4 is 43.8 Å². The van der Waals surface area contributed by atoms with Gasteiger partial charge >= 0.3 is 42.6 Å². The molecule has 2 aromatic carbocycles. The van der Waals surface area contributed by atoms with Crippen LogP contribution in [-0.4, -0.2) is 34.6 Å². The predicted molar refractivity (Wildman–Crippen MR) is 106 cm³/mol. The molecule has 13 heteroatoms. The van der Waals surface area contributed by atoms with Gasteiger partial charge in [0.05, 0.1) is 6.61 Å². The number of carbonyl (C=O) groups is 2. The minimum Gasteiger partial charge on any atom is -0.870 e. The number of alkyl halides is 4. The van der Waals surface area contributed by atoms with Gasteiger partial charge in [0.2, 0.25) is 0 Å². The van der Waals surface area contributed by atoms with E-state index in [0.29, 0.717) is 0 Å². The van der Waals surface area contributed by atoms with Gasteiger partial charge in [-0.15, -0.1) is 0 Å². The number of carboxylic acids is 1. The summed E-state index contributed by atoms with van der Waals surface area (Å²) in [5.41, 5.74) is -0.925. The van der Waals surface area contributed by atoms with E-state index in [4.69, 9.17) is 5.11 Å². The second-order valence-corrected chi connectivity index (χ2v) is 6.84. The summed E-state index contributed by atoms with van der Waals surface area (Å²) in [6, 6.07) is 11.0. The second-order valence-electron chi connectivity index (χ2n) is 5.13. The quantitative estimate of drug-likeness (QED) is 0.332. The molecule has 0 aliphatic carbocycles. The Morgan fingerprint density at radius 1 is 0.903 bits per heavy atom. The topological polar surface area (TPSA) is 125 Å². The number of carboxylic acid groups (broad SMARTS) is 1. The predicted octanol–water partition coefficient (Wildman–Crippen LogP) is 1.73. The fourth-order valence-electron chi connectivity index (χ4n) is 1.88. The summed E-state index contributed by atoms with van der Waals surface area (Å²) >= 11 is 5.82. The van der Waals surface area contributed by atoms with Gasteiger partial charge in [0.25, 0.3) is 0 Å². The fraction of sp³-hybridized carbons (Fsp3) is 0.222. The van der Waals surface area contributed by atoms with Crippen molar-refractivity contribution in [3.63, 3.8) is 0 Å². The van der Waals surface area contributed by atoms with Gasteiger partial charge in [-0.3, -0.25) is 0 Å². The van der Waals surface area contributed by atoms with Crippen LogP contribution in [0.2, 0.25) is 0 Å². The van der Waals surface area contributed by atoms with E-state index in [1.807, 2.05) is 0 Å². The summed E-state index contributed by atoms with van der Waals surface area (Å²) in [6.07, 6.45) is 0. The van der Waals surface area contributed by atoms with E-state index in [2.05, 4.69) is 36.6 Å². The number of aliphatic carboxylic acids is 1. The van der Waals surface area contributed by atoms with E-state index in [0.717, 1.165) is 6.07 Å². The SMILES string of the molecule is CCOC(=O)C(F)(F)c1ccccc1Br.O.O=C(O)C(F)(F)c1ccccc1Br.[Li+].[OH-]. The summed E-state index contributed by atoms with van der Waals surface area (Å²) in [6.45, 7) is 1.41. The standard InChI is InChI=1S/C10H9BrF2O2.C8H5BrF2O2.Li.2H2O/c1-2-15-9(14)10(12,13)7-5-3-4-6-8(7)11;9-6-4-2-1-3-5(6)8(10,11)7(12)13;;;/h3-6H,2H2,1H3;1-4H,(H,12,13);;2*1H2/q;;+1;;/p-1. The molecule has 0 radical (unpaired) electrons. The average Bonchev–Trinajstić information content (AvgIpc) is 2.62. The number of hydrogen-bond acceptors (Lipinski definition) is 4. The Balaban J connectivity index is -0.000000465. The summed E-state index contributed by atoms with van der Waals surface area (Å²) in [5, 5.41) is 8.25. The van der Waals surface area contributed by atoms with Crippen molar-refractivity contribution in [2.45, 2.75) is 18.8 Å². The molecular formula is C18H17Br2F4LiO6. The van der Waals surface area contributed by atoms with E-state index in [9.17, 15) is 27.2 Å². The van der Waals surface area contributed by atoms with Crippen molar-refractivity contribution < 1.29 is 66.8 Å². The number of hydrogen-bond donors (Lipinski definition) is 1. The van der Waals surface area contributed by atoms with E-state index in [1.54, 1.807) is 6.07 Å². The van der Waals surface area contributed by atoms with Crippen LogP contribution in [0.15, 0.2) is 57.5 Å². The molecule has 0 saturated heterocycles. The van der Waals surface area contributed by atoms with Gasteiger partial charge in [-0.05, 0) is 19.1 Å². The van der Waals surface area contributed by atoms with E-state index in [-0.39, 0.29) is 50.9 Å². The first-order valence-electron chi connectivity index (χ1n) is 7.62. The van der Waals surface area contributed by atoms with Crippen LogP contribution in [0, 0.1) is 0 Å². The zero-order chi connectivity index (χ0) is 21.5. The minimum atomic E-state index is -3.85. The number of halogens is 6. The van der Waals surface area contributed by atoms with E-state index in [1.165, 1.54) is 43.3 Å². The Morgan fingerprint density at radius 3 is 1.58 bits per heavy atom. The zero-order valence-corrected chi connectivity index (χ0v) is 19.4. The number of ether oxygens (including phenoxy) is 1. The number of carbonyl (C=O) groups excluding carboxylic acids is 1. The maximum Gasteiger partial charge on any atom is 1.00 e. The number of benzene rings is 2.